The van der Waals surface area contributed by atoms with Crippen molar-refractivity contribution in [3.63, 3.8) is 0 Å². The van der Waals surface area contributed by atoms with E-state index in [0.717, 1.165) is 16.6 Å². The van der Waals surface area contributed by atoms with Crippen molar-refractivity contribution in [2.75, 3.05) is 7.11 Å². The lowest BCUT2D eigenvalue weighted by Gasteiger charge is -2.15. The summed E-state index contributed by atoms with van der Waals surface area (Å²) in [5.41, 5.74) is 2.72. The molecule has 1 heterocycles. The van der Waals surface area contributed by atoms with Crippen molar-refractivity contribution in [3.05, 3.63) is 54.4 Å². The topological polar surface area (TPSA) is 48.6 Å². The number of imidazole rings is 1. The fraction of sp³-hybridized carbons (Fsp3) is 0.222. The average Bonchev–Trinajstić information content (AvgIpc) is 2.96. The first-order chi connectivity index (χ1) is 11.2. The monoisotopic (exact) mass is 309 g/mol. The second-order valence-electron chi connectivity index (χ2n) is 5.37. The molecule has 0 fully saturated rings. The Bertz CT molecular complexity index is 837. The molecule has 3 rings (SSSR count). The molecule has 0 saturated heterocycles. The zero-order valence-corrected chi connectivity index (χ0v) is 13.4. The largest absolute Gasteiger partial charge is 0.493 e. The second-order valence-corrected chi connectivity index (χ2v) is 5.37. The van der Waals surface area contributed by atoms with Crippen LogP contribution < -0.4 is 9.47 Å². The van der Waals surface area contributed by atoms with Gasteiger partial charge < -0.3 is 9.47 Å². The molecule has 0 N–H and O–H groups in total. The first-order valence-corrected chi connectivity index (χ1v) is 7.49. The molecule has 0 spiro atoms. The third-order valence-electron chi connectivity index (χ3n) is 3.34. The average molecular weight is 309 g/mol. The summed E-state index contributed by atoms with van der Waals surface area (Å²) < 4.78 is 13.0. The van der Waals surface area contributed by atoms with Crippen LogP contribution in [-0.2, 0) is 0 Å². The van der Waals surface area contributed by atoms with Crippen LogP contribution in [0.4, 0.5) is 0 Å². The minimum atomic E-state index is 0.0486. The van der Waals surface area contributed by atoms with Crippen molar-refractivity contribution in [1.82, 2.24) is 9.66 Å². The third kappa shape index (κ3) is 3.18. The van der Waals surface area contributed by atoms with Gasteiger partial charge >= 0.3 is 0 Å². The molecule has 3 aromatic rings. The highest BCUT2D eigenvalue weighted by Crippen LogP contribution is 2.31. The highest BCUT2D eigenvalue weighted by molar-refractivity contribution is 5.85. The first kappa shape index (κ1) is 15.1. The lowest BCUT2D eigenvalue weighted by atomic mass is 10.2. The van der Waals surface area contributed by atoms with E-state index in [1.807, 2.05) is 56.3 Å². The van der Waals surface area contributed by atoms with E-state index >= 15 is 0 Å². The molecule has 0 amide bonds. The van der Waals surface area contributed by atoms with Crippen LogP contribution in [-0.4, -0.2) is 29.1 Å². The lowest BCUT2D eigenvalue weighted by Crippen LogP contribution is -2.08. The Kier molecular flexibility index (Phi) is 4.28. The molecule has 5 nitrogen and oxygen atoms in total. The van der Waals surface area contributed by atoms with Gasteiger partial charge in [0.1, 0.15) is 6.33 Å². The molecule has 0 bridgehead atoms. The maximum atomic E-state index is 5.88. The van der Waals surface area contributed by atoms with Crippen LogP contribution >= 0.6 is 0 Å². The second kappa shape index (κ2) is 6.52. The number of rotatable bonds is 5. The summed E-state index contributed by atoms with van der Waals surface area (Å²) in [6.45, 7) is 3.97. The van der Waals surface area contributed by atoms with Crippen LogP contribution in [0.2, 0.25) is 0 Å². The summed E-state index contributed by atoms with van der Waals surface area (Å²) >= 11 is 0. The molecular formula is C18H19N3O2. The standard InChI is InChI=1S/C18H19N3O2/c1-13(2)23-18-14(7-6-10-17(18)22-3)11-20-21-12-19-15-8-4-5-9-16(15)21/h4-13H,1-3H3/b20-11-. The van der Waals surface area contributed by atoms with Crippen LogP contribution in [0.25, 0.3) is 11.0 Å². The summed E-state index contributed by atoms with van der Waals surface area (Å²) in [4.78, 5) is 4.33. The van der Waals surface area contributed by atoms with Gasteiger partial charge in [0.05, 0.1) is 30.5 Å². The number of nitrogens with zero attached hydrogens (tertiary/aromatic N) is 3. The number of fused-ring (bicyclic) bond motifs is 1. The Balaban J connectivity index is 1.99. The maximum Gasteiger partial charge on any atom is 0.170 e. The van der Waals surface area contributed by atoms with Gasteiger partial charge in [-0.2, -0.15) is 5.10 Å². The minimum absolute atomic E-state index is 0.0486. The van der Waals surface area contributed by atoms with Crippen LogP contribution in [0, 0.1) is 0 Å². The van der Waals surface area contributed by atoms with E-state index in [1.165, 1.54) is 0 Å². The number of methoxy groups -OCH3 is 1. The summed E-state index contributed by atoms with van der Waals surface area (Å²) in [5, 5.41) is 4.50. The summed E-state index contributed by atoms with van der Waals surface area (Å²) in [6, 6.07) is 13.6. The number of ether oxygens (including phenoxy) is 2. The van der Waals surface area contributed by atoms with E-state index in [4.69, 9.17) is 9.47 Å². The van der Waals surface area contributed by atoms with Gasteiger partial charge in [-0.05, 0) is 38.1 Å². The smallest absolute Gasteiger partial charge is 0.170 e. The van der Waals surface area contributed by atoms with Gasteiger partial charge in [-0.3, -0.25) is 0 Å². The minimum Gasteiger partial charge on any atom is -0.493 e. The Hall–Kier alpha value is -2.82. The highest BCUT2D eigenvalue weighted by atomic mass is 16.5. The molecule has 0 atom stereocenters. The van der Waals surface area contributed by atoms with Gasteiger partial charge in [0, 0.05) is 5.56 Å². The molecule has 23 heavy (non-hydrogen) atoms. The normalized spacial score (nSPS) is 11.5. The Morgan fingerprint density at radius 1 is 1.13 bits per heavy atom. The number of aromatic nitrogens is 2. The molecule has 0 aliphatic heterocycles. The fourth-order valence-corrected chi connectivity index (χ4v) is 2.32. The molecule has 0 saturated carbocycles. The van der Waals surface area contributed by atoms with E-state index < -0.39 is 0 Å². The predicted molar refractivity (Wildman–Crippen MR) is 91.5 cm³/mol. The van der Waals surface area contributed by atoms with Gasteiger partial charge in [-0.1, -0.05) is 18.2 Å². The predicted octanol–water partition coefficient (Wildman–Crippen LogP) is 3.71. The van der Waals surface area contributed by atoms with Gasteiger partial charge in [-0.15, -0.1) is 0 Å². The molecule has 0 radical (unpaired) electrons. The van der Waals surface area contributed by atoms with Crippen molar-refractivity contribution in [1.29, 1.82) is 0 Å². The van der Waals surface area contributed by atoms with E-state index in [2.05, 4.69) is 10.1 Å². The van der Waals surface area contributed by atoms with E-state index in [1.54, 1.807) is 24.3 Å². The fourth-order valence-electron chi connectivity index (χ4n) is 2.32. The quantitative estimate of drug-likeness (QED) is 0.675. The van der Waals surface area contributed by atoms with Crippen LogP contribution in [0.1, 0.15) is 19.4 Å². The highest BCUT2D eigenvalue weighted by Gasteiger charge is 2.11. The Morgan fingerprint density at radius 2 is 1.96 bits per heavy atom. The van der Waals surface area contributed by atoms with Crippen molar-refractivity contribution in [2.45, 2.75) is 20.0 Å². The van der Waals surface area contributed by atoms with Crippen molar-refractivity contribution in [3.8, 4) is 11.5 Å². The zero-order chi connectivity index (χ0) is 16.2. The lowest BCUT2D eigenvalue weighted by molar-refractivity contribution is 0.230. The number of para-hydroxylation sites is 3. The summed E-state index contributed by atoms with van der Waals surface area (Å²) in [6.07, 6.45) is 3.51. The molecule has 2 aromatic carbocycles. The number of benzene rings is 2. The van der Waals surface area contributed by atoms with E-state index in [-0.39, 0.29) is 6.10 Å². The van der Waals surface area contributed by atoms with Crippen molar-refractivity contribution in [2.24, 2.45) is 5.10 Å². The molecule has 5 heteroatoms. The van der Waals surface area contributed by atoms with Crippen LogP contribution in [0.15, 0.2) is 53.9 Å². The molecule has 0 aliphatic carbocycles. The maximum absolute atomic E-state index is 5.88. The van der Waals surface area contributed by atoms with E-state index in [9.17, 15) is 0 Å². The van der Waals surface area contributed by atoms with Gasteiger partial charge in [0.25, 0.3) is 0 Å². The first-order valence-electron chi connectivity index (χ1n) is 7.49. The number of hydrogen-bond donors (Lipinski definition) is 0. The molecule has 118 valence electrons. The van der Waals surface area contributed by atoms with Gasteiger partial charge in [0.2, 0.25) is 0 Å². The molecule has 0 aliphatic rings. The third-order valence-corrected chi connectivity index (χ3v) is 3.34. The molecule has 1 aromatic heterocycles. The Morgan fingerprint density at radius 3 is 2.74 bits per heavy atom. The summed E-state index contributed by atoms with van der Waals surface area (Å²) in [7, 11) is 1.63. The van der Waals surface area contributed by atoms with Crippen LogP contribution in [0.5, 0.6) is 11.5 Å². The number of hydrogen-bond acceptors (Lipinski definition) is 4. The van der Waals surface area contributed by atoms with Crippen molar-refractivity contribution < 1.29 is 9.47 Å². The molecule has 0 unspecified atom stereocenters. The van der Waals surface area contributed by atoms with Crippen LogP contribution in [0.3, 0.4) is 0 Å². The van der Waals surface area contributed by atoms with E-state index in [0.29, 0.717) is 11.5 Å². The Labute approximate surface area is 135 Å². The van der Waals surface area contributed by atoms with Gasteiger partial charge in [0.15, 0.2) is 11.5 Å². The summed E-state index contributed by atoms with van der Waals surface area (Å²) in [5.74, 6) is 1.39. The SMILES string of the molecule is COc1cccc(/C=N\n2cnc3ccccc32)c1OC(C)C. The zero-order valence-electron chi connectivity index (χ0n) is 13.4. The van der Waals surface area contributed by atoms with Crippen molar-refractivity contribution >= 4 is 17.2 Å². The van der Waals surface area contributed by atoms with Gasteiger partial charge in [-0.25, -0.2) is 9.66 Å². The molecular weight excluding hydrogens is 290 g/mol.